The van der Waals surface area contributed by atoms with Crippen LogP contribution < -0.4 is 5.73 Å². The van der Waals surface area contributed by atoms with Crippen LogP contribution in [0.25, 0.3) is 0 Å². The SMILES string of the molecule is NC(=O)C1(O)CCCN(C(=O)CCOCc2ccccc2)C1. The third-order valence-corrected chi connectivity index (χ3v) is 3.85. The Balaban J connectivity index is 1.74. The van der Waals surface area contributed by atoms with E-state index in [4.69, 9.17) is 10.5 Å². The number of ether oxygens (including phenoxy) is 1. The predicted molar refractivity (Wildman–Crippen MR) is 80.7 cm³/mol. The maximum Gasteiger partial charge on any atom is 0.251 e. The van der Waals surface area contributed by atoms with Crippen LogP contribution in [0.2, 0.25) is 0 Å². The Labute approximate surface area is 129 Å². The van der Waals surface area contributed by atoms with Crippen LogP contribution >= 0.6 is 0 Å². The molecule has 6 nitrogen and oxygen atoms in total. The largest absolute Gasteiger partial charge is 0.378 e. The summed E-state index contributed by atoms with van der Waals surface area (Å²) in [6, 6.07) is 9.71. The van der Waals surface area contributed by atoms with E-state index >= 15 is 0 Å². The minimum absolute atomic E-state index is 0.0279. The first kappa shape index (κ1) is 16.5. The quantitative estimate of drug-likeness (QED) is 0.746. The second-order valence-electron chi connectivity index (χ2n) is 5.60. The van der Waals surface area contributed by atoms with Crippen molar-refractivity contribution in [3.8, 4) is 0 Å². The Kier molecular flexibility index (Phi) is 5.51. The van der Waals surface area contributed by atoms with Gasteiger partial charge in [-0.2, -0.15) is 0 Å². The average Bonchev–Trinajstić information content (AvgIpc) is 2.52. The van der Waals surface area contributed by atoms with Gasteiger partial charge in [-0.25, -0.2) is 0 Å². The van der Waals surface area contributed by atoms with Gasteiger partial charge < -0.3 is 20.5 Å². The highest BCUT2D eigenvalue weighted by atomic mass is 16.5. The summed E-state index contributed by atoms with van der Waals surface area (Å²) in [6.45, 7) is 1.27. The number of benzene rings is 1. The molecular formula is C16H22N2O4. The summed E-state index contributed by atoms with van der Waals surface area (Å²) in [5, 5.41) is 10.1. The molecule has 1 fully saturated rings. The molecule has 1 aliphatic heterocycles. The Morgan fingerprint density at radius 1 is 1.32 bits per heavy atom. The first-order valence-electron chi connectivity index (χ1n) is 7.43. The number of carbonyl (C=O) groups excluding carboxylic acids is 2. The predicted octanol–water partition coefficient (Wildman–Crippen LogP) is 0.432. The minimum atomic E-state index is -1.60. The number of amides is 2. The molecule has 22 heavy (non-hydrogen) atoms. The van der Waals surface area contributed by atoms with Crippen LogP contribution in [-0.2, 0) is 20.9 Å². The molecule has 1 unspecified atom stereocenters. The lowest BCUT2D eigenvalue weighted by molar-refractivity contribution is -0.149. The third kappa shape index (κ3) is 4.29. The first-order chi connectivity index (χ1) is 10.5. The Morgan fingerprint density at radius 3 is 2.73 bits per heavy atom. The number of aliphatic hydroxyl groups is 1. The lowest BCUT2D eigenvalue weighted by Gasteiger charge is -2.37. The number of hydrogen-bond donors (Lipinski definition) is 2. The van der Waals surface area contributed by atoms with E-state index in [9.17, 15) is 14.7 Å². The highest BCUT2D eigenvalue weighted by Crippen LogP contribution is 2.21. The topological polar surface area (TPSA) is 92.9 Å². The first-order valence-corrected chi connectivity index (χ1v) is 7.43. The highest BCUT2D eigenvalue weighted by Gasteiger charge is 2.39. The molecular weight excluding hydrogens is 284 g/mol. The highest BCUT2D eigenvalue weighted by molar-refractivity contribution is 5.85. The maximum absolute atomic E-state index is 12.1. The van der Waals surface area contributed by atoms with Crippen molar-refractivity contribution in [3.05, 3.63) is 35.9 Å². The van der Waals surface area contributed by atoms with E-state index in [2.05, 4.69) is 0 Å². The van der Waals surface area contributed by atoms with Gasteiger partial charge in [-0.3, -0.25) is 9.59 Å². The van der Waals surface area contributed by atoms with Crippen molar-refractivity contribution in [2.45, 2.75) is 31.5 Å². The Bertz CT molecular complexity index is 520. The van der Waals surface area contributed by atoms with E-state index in [1.54, 1.807) is 0 Å². The van der Waals surface area contributed by atoms with Crippen LogP contribution in [0.5, 0.6) is 0 Å². The van der Waals surface area contributed by atoms with Crippen LogP contribution in [0.4, 0.5) is 0 Å². The molecule has 1 aliphatic rings. The lowest BCUT2D eigenvalue weighted by Crippen LogP contribution is -2.57. The monoisotopic (exact) mass is 306 g/mol. The van der Waals surface area contributed by atoms with Crippen LogP contribution in [0.15, 0.2) is 30.3 Å². The zero-order valence-electron chi connectivity index (χ0n) is 12.5. The molecule has 0 aromatic heterocycles. The van der Waals surface area contributed by atoms with Crippen molar-refractivity contribution in [1.29, 1.82) is 0 Å². The molecule has 3 N–H and O–H groups in total. The molecule has 0 aliphatic carbocycles. The number of hydrogen-bond acceptors (Lipinski definition) is 4. The van der Waals surface area contributed by atoms with Gasteiger partial charge in [0.25, 0.3) is 5.91 Å². The van der Waals surface area contributed by atoms with Gasteiger partial charge >= 0.3 is 0 Å². The average molecular weight is 306 g/mol. The van der Waals surface area contributed by atoms with Gasteiger partial charge in [0.05, 0.1) is 26.2 Å². The standard InChI is InChI=1S/C16H22N2O4/c17-15(20)16(21)8-4-9-18(12-16)14(19)7-10-22-11-13-5-2-1-3-6-13/h1-3,5-6,21H,4,7-12H2,(H2,17,20). The van der Waals surface area contributed by atoms with Gasteiger partial charge in [-0.15, -0.1) is 0 Å². The Hall–Kier alpha value is -1.92. The summed E-state index contributed by atoms with van der Waals surface area (Å²) >= 11 is 0. The lowest BCUT2D eigenvalue weighted by atomic mass is 9.92. The number of nitrogens with two attached hydrogens (primary N) is 1. The van der Waals surface area contributed by atoms with Crippen molar-refractivity contribution >= 4 is 11.8 Å². The molecule has 1 saturated heterocycles. The molecule has 120 valence electrons. The molecule has 6 heteroatoms. The fraction of sp³-hybridized carbons (Fsp3) is 0.500. The zero-order chi connectivity index (χ0) is 16.0. The Morgan fingerprint density at radius 2 is 2.05 bits per heavy atom. The minimum Gasteiger partial charge on any atom is -0.378 e. The van der Waals surface area contributed by atoms with Crippen molar-refractivity contribution < 1.29 is 19.4 Å². The number of β-amino-alcohol motifs (C(OH)–C–C–N with tert-alkyl or cyclic N) is 1. The normalized spacial score (nSPS) is 21.6. The van der Waals surface area contributed by atoms with Gasteiger partial charge in [0, 0.05) is 6.54 Å². The number of rotatable bonds is 6. The summed E-state index contributed by atoms with van der Waals surface area (Å²) in [4.78, 5) is 24.9. The van der Waals surface area contributed by atoms with E-state index in [-0.39, 0.29) is 18.9 Å². The summed E-state index contributed by atoms with van der Waals surface area (Å²) in [5.74, 6) is -0.905. The second-order valence-corrected chi connectivity index (χ2v) is 5.60. The molecule has 1 heterocycles. The fourth-order valence-corrected chi connectivity index (χ4v) is 2.53. The van der Waals surface area contributed by atoms with Crippen LogP contribution in [0, 0.1) is 0 Å². The van der Waals surface area contributed by atoms with Crippen molar-refractivity contribution in [3.63, 3.8) is 0 Å². The molecule has 1 aromatic carbocycles. The van der Waals surface area contributed by atoms with E-state index in [1.165, 1.54) is 4.90 Å². The number of likely N-dealkylation sites (tertiary alicyclic amines) is 1. The fourth-order valence-electron chi connectivity index (χ4n) is 2.53. The molecule has 0 spiro atoms. The number of nitrogens with zero attached hydrogens (tertiary/aromatic N) is 1. The molecule has 2 amide bonds. The van der Waals surface area contributed by atoms with E-state index in [0.717, 1.165) is 5.56 Å². The van der Waals surface area contributed by atoms with Crippen molar-refractivity contribution in [2.24, 2.45) is 5.73 Å². The smallest absolute Gasteiger partial charge is 0.251 e. The summed E-state index contributed by atoms with van der Waals surface area (Å²) in [6.07, 6.45) is 1.09. The second kappa shape index (κ2) is 7.38. The van der Waals surface area contributed by atoms with E-state index in [1.807, 2.05) is 30.3 Å². The van der Waals surface area contributed by atoms with Crippen molar-refractivity contribution in [2.75, 3.05) is 19.7 Å². The molecule has 2 rings (SSSR count). The summed E-state index contributed by atoms with van der Waals surface area (Å²) in [5.41, 5.74) is 4.65. The number of primary amides is 1. The van der Waals surface area contributed by atoms with Gasteiger partial charge in [-0.05, 0) is 18.4 Å². The summed E-state index contributed by atoms with van der Waals surface area (Å²) < 4.78 is 5.48. The van der Waals surface area contributed by atoms with E-state index in [0.29, 0.717) is 32.6 Å². The van der Waals surface area contributed by atoms with Gasteiger partial charge in [0.15, 0.2) is 5.60 Å². The maximum atomic E-state index is 12.1. The number of piperidine rings is 1. The molecule has 1 atom stereocenters. The van der Waals surface area contributed by atoms with Gasteiger partial charge in [0.1, 0.15) is 0 Å². The van der Waals surface area contributed by atoms with Gasteiger partial charge in [0.2, 0.25) is 5.91 Å². The van der Waals surface area contributed by atoms with Crippen LogP contribution in [-0.4, -0.2) is 47.1 Å². The molecule has 0 radical (unpaired) electrons. The van der Waals surface area contributed by atoms with Crippen molar-refractivity contribution in [1.82, 2.24) is 4.90 Å². The van der Waals surface area contributed by atoms with Gasteiger partial charge in [-0.1, -0.05) is 30.3 Å². The number of carbonyl (C=O) groups is 2. The zero-order valence-corrected chi connectivity index (χ0v) is 12.5. The molecule has 0 saturated carbocycles. The van der Waals surface area contributed by atoms with Crippen LogP contribution in [0.1, 0.15) is 24.8 Å². The summed E-state index contributed by atoms with van der Waals surface area (Å²) in [7, 11) is 0. The molecule has 0 bridgehead atoms. The van der Waals surface area contributed by atoms with Crippen LogP contribution in [0.3, 0.4) is 0 Å². The third-order valence-electron chi connectivity index (χ3n) is 3.85. The van der Waals surface area contributed by atoms with E-state index < -0.39 is 11.5 Å². The molecule has 1 aromatic rings.